The SMILES string of the molecule is CC(C)(C)[Si](C)(C)OCC(O)Cc1nc([N+](=O)[O-])[nH]c1[N+](=O)[O-]. The Kier molecular flexibility index (Phi) is 5.61. The van der Waals surface area contributed by atoms with Gasteiger partial charge in [0.15, 0.2) is 8.32 Å². The van der Waals surface area contributed by atoms with Crippen molar-refractivity contribution in [2.45, 2.75) is 51.4 Å². The molecule has 2 N–H and O–H groups in total. The number of nitrogens with zero attached hydrogens (tertiary/aromatic N) is 3. The number of hydrogen-bond donors (Lipinski definition) is 2. The summed E-state index contributed by atoms with van der Waals surface area (Å²) >= 11 is 0. The lowest BCUT2D eigenvalue weighted by molar-refractivity contribution is -0.402. The average Bonchev–Trinajstić information content (AvgIpc) is 2.79. The van der Waals surface area contributed by atoms with Gasteiger partial charge in [-0.15, -0.1) is 0 Å². The van der Waals surface area contributed by atoms with Gasteiger partial charge >= 0.3 is 11.8 Å². The van der Waals surface area contributed by atoms with Crippen molar-refractivity contribution in [3.8, 4) is 0 Å². The Hall–Kier alpha value is -1.85. The van der Waals surface area contributed by atoms with Gasteiger partial charge in [0.05, 0.1) is 12.7 Å². The molecule has 0 aliphatic heterocycles. The molecule has 0 aromatic carbocycles. The minimum Gasteiger partial charge on any atom is -0.414 e. The molecule has 1 rings (SSSR count). The Morgan fingerprint density at radius 2 is 1.87 bits per heavy atom. The van der Waals surface area contributed by atoms with Crippen LogP contribution in [-0.4, -0.2) is 45.9 Å². The molecular weight excluding hydrogens is 324 g/mol. The van der Waals surface area contributed by atoms with Gasteiger partial charge in [-0.1, -0.05) is 25.8 Å². The third-order valence-electron chi connectivity index (χ3n) is 3.97. The van der Waals surface area contributed by atoms with Crippen molar-refractivity contribution < 1.29 is 19.4 Å². The van der Waals surface area contributed by atoms with Crippen molar-refractivity contribution in [1.29, 1.82) is 0 Å². The topological polar surface area (TPSA) is 144 Å². The van der Waals surface area contributed by atoms with E-state index >= 15 is 0 Å². The fraction of sp³-hybridized carbons (Fsp3) is 0.750. The summed E-state index contributed by atoms with van der Waals surface area (Å²) < 4.78 is 5.83. The van der Waals surface area contributed by atoms with Crippen molar-refractivity contribution >= 4 is 20.1 Å². The molecule has 1 atom stereocenters. The third-order valence-corrected chi connectivity index (χ3v) is 8.47. The van der Waals surface area contributed by atoms with E-state index in [9.17, 15) is 25.3 Å². The zero-order chi connectivity index (χ0) is 18.0. The number of aliphatic hydroxyl groups excluding tert-OH is 1. The van der Waals surface area contributed by atoms with Gasteiger partial charge in [0, 0.05) is 6.42 Å². The maximum atomic E-state index is 10.9. The maximum Gasteiger partial charge on any atom is 0.464 e. The minimum absolute atomic E-state index is 0.00565. The van der Waals surface area contributed by atoms with Crippen molar-refractivity contribution in [1.82, 2.24) is 9.97 Å². The van der Waals surface area contributed by atoms with Crippen molar-refractivity contribution in [3.63, 3.8) is 0 Å². The van der Waals surface area contributed by atoms with E-state index in [0.29, 0.717) is 0 Å². The van der Waals surface area contributed by atoms with Crippen LogP contribution in [0.2, 0.25) is 18.1 Å². The third kappa shape index (κ3) is 4.81. The van der Waals surface area contributed by atoms with E-state index in [-0.39, 0.29) is 23.8 Å². The van der Waals surface area contributed by atoms with Crippen LogP contribution in [0.1, 0.15) is 26.5 Å². The first kappa shape index (κ1) is 19.2. The molecule has 10 nitrogen and oxygen atoms in total. The van der Waals surface area contributed by atoms with Gasteiger partial charge < -0.3 is 29.8 Å². The predicted molar refractivity (Wildman–Crippen MR) is 84.8 cm³/mol. The number of nitro groups is 2. The second kappa shape index (κ2) is 6.72. The number of aromatic nitrogens is 2. The van der Waals surface area contributed by atoms with Gasteiger partial charge in [-0.05, 0) is 28.0 Å². The summed E-state index contributed by atoms with van der Waals surface area (Å²) in [6, 6.07) is 0. The first-order valence-corrected chi connectivity index (χ1v) is 9.95. The molecule has 0 amide bonds. The van der Waals surface area contributed by atoms with E-state index in [4.69, 9.17) is 4.43 Å². The van der Waals surface area contributed by atoms with Crippen LogP contribution >= 0.6 is 0 Å². The molecular formula is C12H22N4O6Si. The summed E-state index contributed by atoms with van der Waals surface area (Å²) in [7, 11) is -2.06. The number of hydrogen-bond acceptors (Lipinski definition) is 7. The normalized spacial score (nSPS) is 13.8. The highest BCUT2D eigenvalue weighted by Gasteiger charge is 2.38. The smallest absolute Gasteiger partial charge is 0.414 e. The van der Waals surface area contributed by atoms with Gasteiger partial charge in [-0.3, -0.25) is 0 Å². The molecule has 1 heterocycles. The van der Waals surface area contributed by atoms with Gasteiger partial charge in [0.1, 0.15) is 0 Å². The molecule has 0 aliphatic rings. The Labute approximate surface area is 134 Å². The maximum absolute atomic E-state index is 10.9. The van der Waals surface area contributed by atoms with Crippen LogP contribution in [0.3, 0.4) is 0 Å². The second-order valence-electron chi connectivity index (χ2n) is 6.80. The molecule has 23 heavy (non-hydrogen) atoms. The minimum atomic E-state index is -2.06. The highest BCUT2D eigenvalue weighted by molar-refractivity contribution is 6.74. The number of rotatable bonds is 7. The summed E-state index contributed by atoms with van der Waals surface area (Å²) in [6.45, 7) is 10.2. The van der Waals surface area contributed by atoms with Gasteiger partial charge in [-0.25, -0.2) is 0 Å². The van der Waals surface area contributed by atoms with E-state index in [1.165, 1.54) is 0 Å². The van der Waals surface area contributed by atoms with Crippen LogP contribution in [-0.2, 0) is 10.8 Å². The Bertz CT molecular complexity index is 595. The van der Waals surface area contributed by atoms with Crippen molar-refractivity contribution in [2.75, 3.05) is 6.61 Å². The molecule has 0 saturated carbocycles. The van der Waals surface area contributed by atoms with E-state index in [1.807, 2.05) is 38.8 Å². The zero-order valence-corrected chi connectivity index (χ0v) is 14.8. The predicted octanol–water partition coefficient (Wildman–Crippen LogP) is 2.15. The molecule has 130 valence electrons. The average molecular weight is 346 g/mol. The number of aliphatic hydroxyl groups is 1. The van der Waals surface area contributed by atoms with E-state index in [0.717, 1.165) is 0 Å². The summed E-state index contributed by atoms with van der Waals surface area (Å²) in [5, 5.41) is 31.5. The van der Waals surface area contributed by atoms with Gasteiger partial charge in [0.2, 0.25) is 5.69 Å². The first-order chi connectivity index (χ1) is 10.3. The Morgan fingerprint density at radius 3 is 2.30 bits per heavy atom. The molecule has 1 aromatic heterocycles. The molecule has 11 heteroatoms. The number of aromatic amines is 1. The Morgan fingerprint density at radius 1 is 1.30 bits per heavy atom. The van der Waals surface area contributed by atoms with Crippen molar-refractivity contribution in [2.24, 2.45) is 0 Å². The van der Waals surface area contributed by atoms with Crippen LogP contribution in [0.15, 0.2) is 0 Å². The number of nitrogens with one attached hydrogen (secondary N) is 1. The summed E-state index contributed by atoms with van der Waals surface area (Å²) in [6.07, 6.45) is -1.24. The lowest BCUT2D eigenvalue weighted by Gasteiger charge is -2.36. The fourth-order valence-corrected chi connectivity index (χ4v) is 2.61. The summed E-state index contributed by atoms with van der Waals surface area (Å²) in [5.41, 5.74) is -0.159. The lowest BCUT2D eigenvalue weighted by Crippen LogP contribution is -2.42. The van der Waals surface area contributed by atoms with Crippen LogP contribution in [0.4, 0.5) is 11.8 Å². The standard InChI is InChI=1S/C12H22N4O6Si/c1-12(2,3)23(4,5)22-7-8(17)6-9-10(15(18)19)14-11(13-9)16(20)21/h8,17H,6-7H2,1-5H3,(H,13,14). The van der Waals surface area contributed by atoms with Gasteiger partial charge in [0.25, 0.3) is 0 Å². The lowest BCUT2D eigenvalue weighted by atomic mass is 10.2. The second-order valence-corrected chi connectivity index (χ2v) is 11.6. The highest BCUT2D eigenvalue weighted by Crippen LogP contribution is 2.36. The molecule has 1 aromatic rings. The van der Waals surface area contributed by atoms with E-state index < -0.39 is 36.0 Å². The highest BCUT2D eigenvalue weighted by atomic mass is 28.4. The molecule has 0 fully saturated rings. The quantitative estimate of drug-likeness (QED) is 0.437. The molecule has 0 bridgehead atoms. The molecule has 0 radical (unpaired) electrons. The van der Waals surface area contributed by atoms with Crippen LogP contribution < -0.4 is 0 Å². The number of H-pyrrole nitrogens is 1. The fourth-order valence-electron chi connectivity index (χ4n) is 1.57. The van der Waals surface area contributed by atoms with E-state index in [1.54, 1.807) is 0 Å². The summed E-state index contributed by atoms with van der Waals surface area (Å²) in [5.74, 6) is -1.30. The Balaban J connectivity index is 2.80. The first-order valence-electron chi connectivity index (χ1n) is 7.05. The largest absolute Gasteiger partial charge is 0.464 e. The zero-order valence-electron chi connectivity index (χ0n) is 13.8. The van der Waals surface area contributed by atoms with Crippen LogP contribution in [0.25, 0.3) is 0 Å². The molecule has 0 aliphatic carbocycles. The monoisotopic (exact) mass is 346 g/mol. The molecule has 1 unspecified atom stereocenters. The summed E-state index contributed by atoms with van der Waals surface area (Å²) in [4.78, 5) is 25.5. The van der Waals surface area contributed by atoms with Crippen LogP contribution in [0, 0.1) is 20.2 Å². The number of imidazole rings is 1. The molecule has 0 saturated heterocycles. The van der Waals surface area contributed by atoms with Gasteiger partial charge in [-0.2, -0.15) is 4.98 Å². The van der Waals surface area contributed by atoms with E-state index in [2.05, 4.69) is 4.98 Å². The van der Waals surface area contributed by atoms with Crippen molar-refractivity contribution in [3.05, 3.63) is 25.9 Å². The van der Waals surface area contributed by atoms with Crippen LogP contribution in [0.5, 0.6) is 0 Å². The molecule has 0 spiro atoms.